The maximum atomic E-state index is 12.9. The van der Waals surface area contributed by atoms with E-state index in [1.165, 1.54) is 18.3 Å². The van der Waals surface area contributed by atoms with Crippen molar-refractivity contribution in [3.8, 4) is 11.5 Å². The van der Waals surface area contributed by atoms with Crippen LogP contribution in [-0.2, 0) is 12.4 Å². The summed E-state index contributed by atoms with van der Waals surface area (Å²) in [6.45, 7) is 0. The number of nitrogens with zero attached hydrogens (tertiary/aromatic N) is 1. The molecule has 0 radical (unpaired) electrons. The maximum absolute atomic E-state index is 12.9. The van der Waals surface area contributed by atoms with Gasteiger partial charge in [-0.3, -0.25) is 4.98 Å². The van der Waals surface area contributed by atoms with Crippen molar-refractivity contribution in [3.63, 3.8) is 0 Å². The molecule has 0 bridgehead atoms. The summed E-state index contributed by atoms with van der Waals surface area (Å²) in [6.07, 6.45) is -7.90. The minimum Gasteiger partial charge on any atom is -0.455 e. The number of hydrogen-bond donors (Lipinski definition) is 0. The molecule has 8 heteroatoms. The Hall–Kier alpha value is -2.25. The van der Waals surface area contributed by atoms with E-state index in [2.05, 4.69) is 4.98 Å². The largest absolute Gasteiger partial charge is 0.455 e. The van der Waals surface area contributed by atoms with E-state index in [4.69, 9.17) is 4.74 Å². The Bertz CT molecular complexity index is 621. The van der Waals surface area contributed by atoms with Crippen molar-refractivity contribution >= 4 is 0 Å². The molecule has 2 aromatic rings. The fourth-order valence-electron chi connectivity index (χ4n) is 1.68. The van der Waals surface area contributed by atoms with Crippen LogP contribution >= 0.6 is 0 Å². The van der Waals surface area contributed by atoms with Gasteiger partial charge in [-0.2, -0.15) is 26.3 Å². The van der Waals surface area contributed by atoms with E-state index < -0.39 is 29.2 Å². The fourth-order valence-corrected chi connectivity index (χ4v) is 1.68. The van der Waals surface area contributed by atoms with Gasteiger partial charge in [0, 0.05) is 6.20 Å². The summed E-state index contributed by atoms with van der Waals surface area (Å²) in [7, 11) is 0. The predicted molar refractivity (Wildman–Crippen MR) is 60.8 cm³/mol. The number of alkyl halides is 6. The summed E-state index contributed by atoms with van der Waals surface area (Å²) in [6, 6.07) is 4.71. The SMILES string of the molecule is FC(F)(F)c1cccc(Oc2cccnc2)c1C(F)(F)F. The van der Waals surface area contributed by atoms with Gasteiger partial charge < -0.3 is 4.74 Å². The number of rotatable bonds is 2. The van der Waals surface area contributed by atoms with Crippen molar-refractivity contribution in [2.45, 2.75) is 12.4 Å². The number of ether oxygens (including phenoxy) is 1. The zero-order valence-corrected chi connectivity index (χ0v) is 10.2. The maximum Gasteiger partial charge on any atom is 0.420 e. The van der Waals surface area contributed by atoms with Crippen molar-refractivity contribution in [2.24, 2.45) is 0 Å². The highest BCUT2D eigenvalue weighted by atomic mass is 19.4. The minimum atomic E-state index is -5.20. The summed E-state index contributed by atoms with van der Waals surface area (Å²) >= 11 is 0. The van der Waals surface area contributed by atoms with Crippen LogP contribution in [0.25, 0.3) is 0 Å². The highest BCUT2D eigenvalue weighted by Gasteiger charge is 2.45. The lowest BCUT2D eigenvalue weighted by Crippen LogP contribution is -2.17. The van der Waals surface area contributed by atoms with E-state index >= 15 is 0 Å². The average Bonchev–Trinajstić information content (AvgIpc) is 2.37. The summed E-state index contributed by atoms with van der Waals surface area (Å²) in [5.41, 5.74) is -3.65. The van der Waals surface area contributed by atoms with Crippen LogP contribution in [0.15, 0.2) is 42.7 Å². The standard InChI is InChI=1S/C13H7F6NO/c14-12(15,16)9-4-1-5-10(11(9)13(17,18)19)21-8-3-2-6-20-7-8/h1-7H. The van der Waals surface area contributed by atoms with Gasteiger partial charge in [-0.25, -0.2) is 0 Å². The van der Waals surface area contributed by atoms with Crippen molar-refractivity contribution in [1.82, 2.24) is 4.98 Å². The van der Waals surface area contributed by atoms with Gasteiger partial charge in [0.25, 0.3) is 0 Å². The third-order valence-corrected chi connectivity index (χ3v) is 2.48. The second-order valence-electron chi connectivity index (χ2n) is 3.97. The molecular weight excluding hydrogens is 300 g/mol. The van der Waals surface area contributed by atoms with Gasteiger partial charge >= 0.3 is 12.4 Å². The van der Waals surface area contributed by atoms with E-state index in [-0.39, 0.29) is 5.75 Å². The van der Waals surface area contributed by atoms with Crippen LogP contribution in [0.5, 0.6) is 11.5 Å². The van der Waals surface area contributed by atoms with Crippen LogP contribution in [0.4, 0.5) is 26.3 Å². The van der Waals surface area contributed by atoms with Crippen LogP contribution in [-0.4, -0.2) is 4.98 Å². The van der Waals surface area contributed by atoms with E-state index in [0.717, 1.165) is 18.3 Å². The molecule has 1 heterocycles. The van der Waals surface area contributed by atoms with E-state index in [1.807, 2.05) is 0 Å². The average molecular weight is 307 g/mol. The van der Waals surface area contributed by atoms with E-state index in [1.54, 1.807) is 0 Å². The molecule has 1 aromatic heterocycles. The van der Waals surface area contributed by atoms with Crippen molar-refractivity contribution < 1.29 is 31.1 Å². The van der Waals surface area contributed by atoms with Crippen LogP contribution in [0.3, 0.4) is 0 Å². The van der Waals surface area contributed by atoms with E-state index in [0.29, 0.717) is 6.07 Å². The lowest BCUT2D eigenvalue weighted by molar-refractivity contribution is -0.162. The quantitative estimate of drug-likeness (QED) is 0.735. The van der Waals surface area contributed by atoms with Crippen LogP contribution < -0.4 is 4.74 Å². The summed E-state index contributed by atoms with van der Waals surface area (Å²) in [4.78, 5) is 3.62. The van der Waals surface area contributed by atoms with Gasteiger partial charge in [0.2, 0.25) is 0 Å². The molecule has 0 fully saturated rings. The van der Waals surface area contributed by atoms with Gasteiger partial charge in [-0.05, 0) is 24.3 Å². The lowest BCUT2D eigenvalue weighted by atomic mass is 10.1. The third-order valence-electron chi connectivity index (χ3n) is 2.48. The summed E-state index contributed by atoms with van der Waals surface area (Å²) in [5, 5.41) is 0. The molecule has 0 N–H and O–H groups in total. The molecule has 0 atom stereocenters. The molecule has 0 amide bonds. The molecule has 0 saturated heterocycles. The molecule has 2 nitrogen and oxygen atoms in total. The zero-order valence-electron chi connectivity index (χ0n) is 10.2. The monoisotopic (exact) mass is 307 g/mol. The second kappa shape index (κ2) is 5.27. The molecule has 1 aromatic carbocycles. The normalized spacial score (nSPS) is 12.3. The Kier molecular flexibility index (Phi) is 3.80. The Morgan fingerprint density at radius 1 is 0.857 bits per heavy atom. The van der Waals surface area contributed by atoms with Crippen molar-refractivity contribution in [2.75, 3.05) is 0 Å². The molecule has 0 unspecified atom stereocenters. The topological polar surface area (TPSA) is 22.1 Å². The third kappa shape index (κ3) is 3.45. The predicted octanol–water partition coefficient (Wildman–Crippen LogP) is 4.91. The first-order valence-electron chi connectivity index (χ1n) is 5.55. The van der Waals surface area contributed by atoms with Crippen LogP contribution in [0.2, 0.25) is 0 Å². The fraction of sp³-hybridized carbons (Fsp3) is 0.154. The second-order valence-corrected chi connectivity index (χ2v) is 3.97. The molecule has 0 aliphatic rings. The number of halogens is 6. The smallest absolute Gasteiger partial charge is 0.420 e. The molecule has 0 aliphatic carbocycles. The molecular formula is C13H7F6NO. The highest BCUT2D eigenvalue weighted by Crippen LogP contribution is 2.45. The first-order valence-corrected chi connectivity index (χ1v) is 5.55. The Morgan fingerprint density at radius 2 is 1.57 bits per heavy atom. The highest BCUT2D eigenvalue weighted by molar-refractivity contribution is 5.45. The lowest BCUT2D eigenvalue weighted by Gasteiger charge is -2.18. The number of aromatic nitrogens is 1. The zero-order chi connectivity index (χ0) is 15.7. The van der Waals surface area contributed by atoms with Gasteiger partial charge in [-0.1, -0.05) is 6.07 Å². The van der Waals surface area contributed by atoms with Crippen LogP contribution in [0, 0.1) is 0 Å². The molecule has 0 spiro atoms. The first kappa shape index (κ1) is 15.1. The number of benzene rings is 1. The van der Waals surface area contributed by atoms with E-state index in [9.17, 15) is 26.3 Å². The minimum absolute atomic E-state index is 0.0951. The Morgan fingerprint density at radius 3 is 2.10 bits per heavy atom. The number of pyridine rings is 1. The Balaban J connectivity index is 2.56. The van der Waals surface area contributed by atoms with Crippen LogP contribution in [0.1, 0.15) is 11.1 Å². The van der Waals surface area contributed by atoms with Gasteiger partial charge in [0.05, 0.1) is 11.8 Å². The first-order chi connectivity index (χ1) is 9.69. The Labute approximate surface area is 115 Å². The number of hydrogen-bond acceptors (Lipinski definition) is 2. The van der Waals surface area contributed by atoms with Gasteiger partial charge in [0.15, 0.2) is 0 Å². The van der Waals surface area contributed by atoms with Gasteiger partial charge in [-0.15, -0.1) is 0 Å². The molecule has 0 aliphatic heterocycles. The molecule has 0 saturated carbocycles. The molecule has 2 rings (SSSR count). The summed E-state index contributed by atoms with van der Waals surface area (Å²) < 4.78 is 81.9. The van der Waals surface area contributed by atoms with Crippen molar-refractivity contribution in [1.29, 1.82) is 0 Å². The van der Waals surface area contributed by atoms with Gasteiger partial charge in [0.1, 0.15) is 17.1 Å². The van der Waals surface area contributed by atoms with Crippen molar-refractivity contribution in [3.05, 3.63) is 53.9 Å². The molecule has 21 heavy (non-hydrogen) atoms. The molecule has 112 valence electrons. The summed E-state index contributed by atoms with van der Waals surface area (Å²) in [5.74, 6) is -1.02.